The van der Waals surface area contributed by atoms with Gasteiger partial charge in [0.1, 0.15) is 0 Å². The molecule has 78 valence electrons. The predicted octanol–water partition coefficient (Wildman–Crippen LogP) is 2.10. The van der Waals surface area contributed by atoms with E-state index in [4.69, 9.17) is 11.6 Å². The zero-order valence-corrected chi connectivity index (χ0v) is 9.16. The highest BCUT2D eigenvalue weighted by atomic mass is 35.5. The van der Waals surface area contributed by atoms with Crippen molar-refractivity contribution in [3.63, 3.8) is 0 Å². The lowest BCUT2D eigenvalue weighted by Crippen LogP contribution is -2.41. The first-order valence-electron chi connectivity index (χ1n) is 4.84. The van der Waals surface area contributed by atoms with Gasteiger partial charge in [0.05, 0.1) is 0 Å². The van der Waals surface area contributed by atoms with Gasteiger partial charge in [0.25, 0.3) is 0 Å². The van der Waals surface area contributed by atoms with E-state index < -0.39 is 0 Å². The number of amides is 2. The fourth-order valence-electron chi connectivity index (χ4n) is 0.998. The predicted molar refractivity (Wildman–Crippen MR) is 56.2 cm³/mol. The van der Waals surface area contributed by atoms with Crippen molar-refractivity contribution in [1.82, 2.24) is 10.6 Å². The Balaban J connectivity index is 3.48. The number of urea groups is 1. The Kier molecular flexibility index (Phi) is 7.90. The average Bonchev–Trinajstić information content (AvgIpc) is 2.14. The number of nitrogens with one attached hydrogen (secondary N) is 2. The highest BCUT2D eigenvalue weighted by Gasteiger charge is 2.06. The van der Waals surface area contributed by atoms with Crippen LogP contribution in [0.25, 0.3) is 0 Å². The maximum atomic E-state index is 11.2. The Bertz CT molecular complexity index is 138. The number of hydrogen-bond acceptors (Lipinski definition) is 1. The van der Waals surface area contributed by atoms with Gasteiger partial charge in [-0.2, -0.15) is 0 Å². The molecule has 4 heteroatoms. The number of alkyl halides is 1. The van der Waals surface area contributed by atoms with Crippen LogP contribution in [0.5, 0.6) is 0 Å². The highest BCUT2D eigenvalue weighted by molar-refractivity contribution is 6.17. The lowest BCUT2D eigenvalue weighted by molar-refractivity contribution is 0.236. The van der Waals surface area contributed by atoms with E-state index in [-0.39, 0.29) is 12.1 Å². The molecule has 0 spiro atoms. The molecule has 3 nitrogen and oxygen atoms in total. The molecule has 0 saturated heterocycles. The lowest BCUT2D eigenvalue weighted by Gasteiger charge is -2.14. The van der Waals surface area contributed by atoms with E-state index in [1.807, 2.05) is 0 Å². The molecule has 0 aromatic heterocycles. The molecule has 0 fully saturated rings. The van der Waals surface area contributed by atoms with Crippen molar-refractivity contribution in [2.75, 3.05) is 12.4 Å². The molecule has 13 heavy (non-hydrogen) atoms. The number of carbonyl (C=O) groups is 1. The minimum absolute atomic E-state index is 0.0844. The van der Waals surface area contributed by atoms with Crippen molar-refractivity contribution >= 4 is 17.6 Å². The van der Waals surface area contributed by atoms with E-state index in [9.17, 15) is 4.79 Å². The number of carbonyl (C=O) groups excluding carboxylic acids is 1. The third-order valence-corrected chi connectivity index (χ3v) is 2.18. The summed E-state index contributed by atoms with van der Waals surface area (Å²) in [5.41, 5.74) is 0. The van der Waals surface area contributed by atoms with E-state index in [1.165, 1.54) is 0 Å². The van der Waals surface area contributed by atoms with Crippen LogP contribution in [0.4, 0.5) is 4.79 Å². The lowest BCUT2D eigenvalue weighted by atomic mass is 10.2. The van der Waals surface area contributed by atoms with Crippen LogP contribution >= 0.6 is 11.6 Å². The van der Waals surface area contributed by atoms with E-state index in [2.05, 4.69) is 24.5 Å². The van der Waals surface area contributed by atoms with Crippen LogP contribution in [0.15, 0.2) is 0 Å². The molecule has 0 aromatic carbocycles. The number of rotatable bonds is 6. The topological polar surface area (TPSA) is 41.1 Å². The van der Waals surface area contributed by atoms with Gasteiger partial charge < -0.3 is 10.6 Å². The smallest absolute Gasteiger partial charge is 0.315 e. The average molecular weight is 207 g/mol. The summed E-state index contributed by atoms with van der Waals surface area (Å²) in [6.07, 6.45) is 2.76. The first kappa shape index (κ1) is 12.6. The second kappa shape index (κ2) is 8.17. The summed E-state index contributed by atoms with van der Waals surface area (Å²) in [5.74, 6) is 0.589. The summed E-state index contributed by atoms with van der Waals surface area (Å²) in [4.78, 5) is 11.2. The fraction of sp³-hybridized carbons (Fsp3) is 0.889. The minimum Gasteiger partial charge on any atom is -0.338 e. The second-order valence-electron chi connectivity index (χ2n) is 2.96. The van der Waals surface area contributed by atoms with Crippen molar-refractivity contribution in [1.29, 1.82) is 0 Å². The summed E-state index contributed by atoms with van der Waals surface area (Å²) in [6, 6.07) is 0.204. The Morgan fingerprint density at radius 1 is 1.38 bits per heavy atom. The van der Waals surface area contributed by atoms with Crippen LogP contribution in [-0.4, -0.2) is 24.5 Å². The van der Waals surface area contributed by atoms with Crippen molar-refractivity contribution in [2.45, 2.75) is 39.2 Å². The SMILES string of the molecule is CCC(CC)NC(=O)NCCCCl. The van der Waals surface area contributed by atoms with Crippen molar-refractivity contribution in [2.24, 2.45) is 0 Å². The first-order valence-corrected chi connectivity index (χ1v) is 5.38. The van der Waals surface area contributed by atoms with Gasteiger partial charge in [-0.1, -0.05) is 13.8 Å². The fourth-order valence-corrected chi connectivity index (χ4v) is 1.13. The van der Waals surface area contributed by atoms with Gasteiger partial charge in [0, 0.05) is 18.5 Å². The van der Waals surface area contributed by atoms with E-state index in [1.54, 1.807) is 0 Å². The zero-order chi connectivity index (χ0) is 10.1. The Hall–Kier alpha value is -0.440. The maximum Gasteiger partial charge on any atom is 0.315 e. The van der Waals surface area contributed by atoms with E-state index in [0.717, 1.165) is 19.3 Å². The van der Waals surface area contributed by atoms with Crippen LogP contribution in [-0.2, 0) is 0 Å². The molecular weight excluding hydrogens is 188 g/mol. The molecule has 0 atom stereocenters. The molecule has 0 rings (SSSR count). The molecule has 0 aliphatic heterocycles. The molecule has 0 heterocycles. The first-order chi connectivity index (χ1) is 6.24. The van der Waals surface area contributed by atoms with E-state index in [0.29, 0.717) is 12.4 Å². The van der Waals surface area contributed by atoms with Crippen molar-refractivity contribution < 1.29 is 4.79 Å². The normalized spacial score (nSPS) is 10.2. The van der Waals surface area contributed by atoms with Crippen LogP contribution < -0.4 is 10.6 Å². The maximum absolute atomic E-state index is 11.2. The molecule has 0 saturated carbocycles. The Morgan fingerprint density at radius 2 is 2.00 bits per heavy atom. The van der Waals surface area contributed by atoms with Gasteiger partial charge in [0.15, 0.2) is 0 Å². The van der Waals surface area contributed by atoms with Crippen molar-refractivity contribution in [3.8, 4) is 0 Å². The molecule has 0 bridgehead atoms. The second-order valence-corrected chi connectivity index (χ2v) is 3.33. The molecule has 0 aliphatic rings. The van der Waals surface area contributed by atoms with E-state index >= 15 is 0 Å². The standard InChI is InChI=1S/C9H19ClN2O/c1-3-8(4-2)12-9(13)11-7-5-6-10/h8H,3-7H2,1-2H3,(H2,11,12,13). The molecule has 2 N–H and O–H groups in total. The zero-order valence-electron chi connectivity index (χ0n) is 8.40. The van der Waals surface area contributed by atoms with Gasteiger partial charge in [-0.25, -0.2) is 4.79 Å². The summed E-state index contributed by atoms with van der Waals surface area (Å²) in [6.45, 7) is 4.77. The van der Waals surface area contributed by atoms with Crippen LogP contribution in [0.1, 0.15) is 33.1 Å². The monoisotopic (exact) mass is 206 g/mol. The molecular formula is C9H19ClN2O. The molecule has 0 unspecified atom stereocenters. The van der Waals surface area contributed by atoms with Gasteiger partial charge in [0.2, 0.25) is 0 Å². The summed E-state index contributed by atoms with van der Waals surface area (Å²) >= 11 is 5.47. The molecule has 0 radical (unpaired) electrons. The number of hydrogen-bond donors (Lipinski definition) is 2. The third-order valence-electron chi connectivity index (χ3n) is 1.92. The number of halogens is 1. The minimum atomic E-state index is -0.0844. The summed E-state index contributed by atoms with van der Waals surface area (Å²) < 4.78 is 0. The molecule has 2 amide bonds. The van der Waals surface area contributed by atoms with Crippen LogP contribution in [0.2, 0.25) is 0 Å². The quantitative estimate of drug-likeness (QED) is 0.507. The summed E-state index contributed by atoms with van der Waals surface area (Å²) in [7, 11) is 0. The van der Waals surface area contributed by atoms with Crippen LogP contribution in [0.3, 0.4) is 0 Å². The van der Waals surface area contributed by atoms with Gasteiger partial charge >= 0.3 is 6.03 Å². The Labute approximate surface area is 85.2 Å². The molecule has 0 aromatic rings. The van der Waals surface area contributed by atoms with Gasteiger partial charge in [-0.05, 0) is 19.3 Å². The van der Waals surface area contributed by atoms with Gasteiger partial charge in [-0.3, -0.25) is 0 Å². The Morgan fingerprint density at radius 3 is 2.46 bits per heavy atom. The van der Waals surface area contributed by atoms with Crippen molar-refractivity contribution in [3.05, 3.63) is 0 Å². The third kappa shape index (κ3) is 6.70. The molecule has 0 aliphatic carbocycles. The van der Waals surface area contributed by atoms with Gasteiger partial charge in [-0.15, -0.1) is 11.6 Å². The highest BCUT2D eigenvalue weighted by Crippen LogP contribution is 1.95. The largest absolute Gasteiger partial charge is 0.338 e. The summed E-state index contributed by atoms with van der Waals surface area (Å²) in [5, 5.41) is 5.63. The van der Waals surface area contributed by atoms with Crippen LogP contribution in [0, 0.1) is 0 Å².